The van der Waals surface area contributed by atoms with Crippen molar-refractivity contribution >= 4 is 5.97 Å². The highest BCUT2D eigenvalue weighted by atomic mass is 16.6. The fraction of sp³-hybridized carbons (Fsp3) is 0.222. The molecule has 0 aromatic heterocycles. The van der Waals surface area contributed by atoms with E-state index in [1.54, 1.807) is 18.2 Å². The Kier molecular flexibility index (Phi) is 3.17. The number of benzene rings is 1. The summed E-state index contributed by atoms with van der Waals surface area (Å²) in [6.45, 7) is -0.287. The van der Waals surface area contributed by atoms with Crippen LogP contribution in [-0.4, -0.2) is 18.0 Å². The molecule has 1 rings (SSSR count). The highest BCUT2D eigenvalue weighted by molar-refractivity contribution is 5.89. The van der Waals surface area contributed by atoms with Crippen molar-refractivity contribution < 1.29 is 14.5 Å². The summed E-state index contributed by atoms with van der Waals surface area (Å²) >= 11 is 0. The minimum Gasteiger partial charge on any atom is -0.465 e. The molecule has 5 heteroatoms. The molecule has 0 aliphatic heterocycles. The number of rotatable bonds is 3. The number of hydrogen-bond donors (Lipinski definition) is 0. The number of methoxy groups -OCH3 is 1. The molecule has 0 saturated carbocycles. The van der Waals surface area contributed by atoms with Gasteiger partial charge in [-0.3, -0.25) is 10.1 Å². The fourth-order valence-electron chi connectivity index (χ4n) is 1.06. The van der Waals surface area contributed by atoms with Crippen molar-refractivity contribution in [3.8, 4) is 0 Å². The van der Waals surface area contributed by atoms with Crippen LogP contribution in [0, 0.1) is 10.1 Å². The third-order valence-electron chi connectivity index (χ3n) is 1.66. The van der Waals surface area contributed by atoms with Crippen LogP contribution in [0.2, 0.25) is 0 Å². The van der Waals surface area contributed by atoms with Crippen molar-refractivity contribution in [2.45, 2.75) is 6.54 Å². The number of carbonyl (C=O) groups excluding carboxylic acids is 1. The number of carbonyl (C=O) groups is 1. The third kappa shape index (κ3) is 2.55. The van der Waals surface area contributed by atoms with Crippen LogP contribution in [-0.2, 0) is 11.3 Å². The van der Waals surface area contributed by atoms with E-state index >= 15 is 0 Å². The molecule has 5 nitrogen and oxygen atoms in total. The molecule has 0 radical (unpaired) electrons. The van der Waals surface area contributed by atoms with Crippen molar-refractivity contribution in [2.24, 2.45) is 0 Å². The van der Waals surface area contributed by atoms with Crippen LogP contribution >= 0.6 is 0 Å². The molecule has 0 spiro atoms. The van der Waals surface area contributed by atoms with Gasteiger partial charge in [0.15, 0.2) is 0 Å². The molecule has 0 heterocycles. The number of esters is 1. The van der Waals surface area contributed by atoms with Crippen LogP contribution in [0.3, 0.4) is 0 Å². The van der Waals surface area contributed by atoms with Gasteiger partial charge >= 0.3 is 5.97 Å². The van der Waals surface area contributed by atoms with E-state index in [4.69, 9.17) is 0 Å². The molecule has 14 heavy (non-hydrogen) atoms. The maximum atomic E-state index is 11.1. The average Bonchev–Trinajstić information content (AvgIpc) is 2.16. The summed E-state index contributed by atoms with van der Waals surface area (Å²) < 4.78 is 4.49. The number of hydrogen-bond acceptors (Lipinski definition) is 4. The van der Waals surface area contributed by atoms with E-state index in [0.717, 1.165) is 0 Å². The summed E-state index contributed by atoms with van der Waals surface area (Å²) in [6, 6.07) is 6.18. The Bertz CT molecular complexity index is 362. The Morgan fingerprint density at radius 3 is 2.86 bits per heavy atom. The van der Waals surface area contributed by atoms with Crippen LogP contribution < -0.4 is 0 Å². The molecule has 0 amide bonds. The first-order valence-corrected chi connectivity index (χ1v) is 3.92. The molecular weight excluding hydrogens is 186 g/mol. The van der Waals surface area contributed by atoms with E-state index in [2.05, 4.69) is 4.74 Å². The Morgan fingerprint density at radius 2 is 2.29 bits per heavy atom. The standard InChI is InChI=1S/C9H9NO4/c1-14-9(11)8-4-2-3-7(5-8)6-10(12)13/h2-5H,6H2,1H3. The summed E-state index contributed by atoms with van der Waals surface area (Å²) in [5.41, 5.74) is 0.810. The van der Waals surface area contributed by atoms with E-state index in [9.17, 15) is 14.9 Å². The summed E-state index contributed by atoms with van der Waals surface area (Å²) in [5, 5.41) is 10.2. The molecule has 0 unspecified atom stereocenters. The second kappa shape index (κ2) is 4.36. The Labute approximate surface area is 80.5 Å². The summed E-state index contributed by atoms with van der Waals surface area (Å²) in [5.74, 6) is -0.491. The van der Waals surface area contributed by atoms with Crippen molar-refractivity contribution in [2.75, 3.05) is 7.11 Å². The van der Waals surface area contributed by atoms with Crippen molar-refractivity contribution in [3.63, 3.8) is 0 Å². The Balaban J connectivity index is 2.89. The van der Waals surface area contributed by atoms with Gasteiger partial charge in [0.25, 0.3) is 0 Å². The van der Waals surface area contributed by atoms with Gasteiger partial charge in [-0.25, -0.2) is 4.79 Å². The lowest BCUT2D eigenvalue weighted by atomic mass is 10.1. The zero-order chi connectivity index (χ0) is 10.6. The third-order valence-corrected chi connectivity index (χ3v) is 1.66. The summed E-state index contributed by atoms with van der Waals surface area (Å²) in [7, 11) is 1.27. The van der Waals surface area contributed by atoms with Crippen LogP contribution in [0.5, 0.6) is 0 Å². The maximum Gasteiger partial charge on any atom is 0.337 e. The Hall–Kier alpha value is -1.91. The van der Waals surface area contributed by atoms with Crippen LogP contribution in [0.15, 0.2) is 24.3 Å². The summed E-state index contributed by atoms with van der Waals surface area (Å²) in [4.78, 5) is 20.8. The second-order valence-electron chi connectivity index (χ2n) is 2.68. The quantitative estimate of drug-likeness (QED) is 0.413. The SMILES string of the molecule is COC(=O)c1cccc(C[N+](=O)[O-])c1. The number of ether oxygens (including phenoxy) is 1. The molecule has 1 aromatic carbocycles. The largest absolute Gasteiger partial charge is 0.465 e. The van der Waals surface area contributed by atoms with Gasteiger partial charge in [0.05, 0.1) is 12.7 Å². The average molecular weight is 195 g/mol. The van der Waals surface area contributed by atoms with Gasteiger partial charge in [-0.15, -0.1) is 0 Å². The minimum absolute atomic E-state index is 0.287. The van der Waals surface area contributed by atoms with Crippen LogP contribution in [0.1, 0.15) is 15.9 Å². The zero-order valence-electron chi connectivity index (χ0n) is 7.60. The lowest BCUT2D eigenvalue weighted by Crippen LogP contribution is -2.03. The lowest BCUT2D eigenvalue weighted by Gasteiger charge is -2.00. The van der Waals surface area contributed by atoms with Crippen LogP contribution in [0.25, 0.3) is 0 Å². The maximum absolute atomic E-state index is 11.1. The molecule has 1 aromatic rings. The normalized spacial score (nSPS) is 9.50. The highest BCUT2D eigenvalue weighted by Gasteiger charge is 2.07. The second-order valence-corrected chi connectivity index (χ2v) is 2.68. The smallest absolute Gasteiger partial charge is 0.337 e. The Morgan fingerprint density at radius 1 is 1.57 bits per heavy atom. The molecular formula is C9H9NO4. The minimum atomic E-state index is -0.491. The molecule has 0 atom stereocenters. The first kappa shape index (κ1) is 10.2. The van der Waals surface area contributed by atoms with Gasteiger partial charge in [-0.1, -0.05) is 12.1 Å². The van der Waals surface area contributed by atoms with E-state index in [1.807, 2.05) is 0 Å². The zero-order valence-corrected chi connectivity index (χ0v) is 7.60. The van der Waals surface area contributed by atoms with Crippen LogP contribution in [0.4, 0.5) is 0 Å². The first-order valence-electron chi connectivity index (χ1n) is 3.92. The van der Waals surface area contributed by atoms with Gasteiger partial charge in [-0.05, 0) is 12.1 Å². The fourth-order valence-corrected chi connectivity index (χ4v) is 1.06. The predicted octanol–water partition coefficient (Wildman–Crippen LogP) is 1.25. The monoisotopic (exact) mass is 195 g/mol. The first-order chi connectivity index (χ1) is 6.63. The molecule has 0 N–H and O–H groups in total. The van der Waals surface area contributed by atoms with E-state index < -0.39 is 10.9 Å². The van der Waals surface area contributed by atoms with Gasteiger partial charge < -0.3 is 4.74 Å². The van der Waals surface area contributed by atoms with E-state index in [-0.39, 0.29) is 6.54 Å². The lowest BCUT2D eigenvalue weighted by molar-refractivity contribution is -0.496. The predicted molar refractivity (Wildman–Crippen MR) is 48.5 cm³/mol. The molecule has 0 saturated heterocycles. The van der Waals surface area contributed by atoms with Gasteiger partial charge in [-0.2, -0.15) is 0 Å². The number of nitrogens with zero attached hydrogens (tertiary/aromatic N) is 1. The van der Waals surface area contributed by atoms with Crippen molar-refractivity contribution in [3.05, 3.63) is 45.5 Å². The molecule has 0 aliphatic carbocycles. The van der Waals surface area contributed by atoms with E-state index in [1.165, 1.54) is 13.2 Å². The molecule has 0 fully saturated rings. The van der Waals surface area contributed by atoms with Gasteiger partial charge in [0.2, 0.25) is 6.54 Å². The molecule has 0 aliphatic rings. The topological polar surface area (TPSA) is 69.4 Å². The summed E-state index contributed by atoms with van der Waals surface area (Å²) in [6.07, 6.45) is 0. The molecule has 74 valence electrons. The highest BCUT2D eigenvalue weighted by Crippen LogP contribution is 2.07. The van der Waals surface area contributed by atoms with E-state index in [0.29, 0.717) is 11.1 Å². The van der Waals surface area contributed by atoms with Crippen molar-refractivity contribution in [1.82, 2.24) is 0 Å². The van der Waals surface area contributed by atoms with Gasteiger partial charge in [0, 0.05) is 10.5 Å². The van der Waals surface area contributed by atoms with Gasteiger partial charge in [0.1, 0.15) is 0 Å². The number of nitro groups is 1. The van der Waals surface area contributed by atoms with Crippen molar-refractivity contribution in [1.29, 1.82) is 0 Å². The molecule has 0 bridgehead atoms.